The number of carboxylic acids is 1. The summed E-state index contributed by atoms with van der Waals surface area (Å²) in [5.74, 6) is 0.693. The van der Waals surface area contributed by atoms with Crippen molar-refractivity contribution in [3.05, 3.63) is 0 Å². The molecule has 2 atom stereocenters. The van der Waals surface area contributed by atoms with E-state index in [1.165, 1.54) is 38.6 Å². The second-order valence-corrected chi connectivity index (χ2v) is 5.98. The normalized spacial score (nSPS) is 28.6. The Labute approximate surface area is 104 Å². The Morgan fingerprint density at radius 3 is 2.59 bits per heavy atom. The molecule has 3 heteroatoms. The highest BCUT2D eigenvalue weighted by Crippen LogP contribution is 2.32. The summed E-state index contributed by atoms with van der Waals surface area (Å²) in [5, 5.41) is 8.86. The van der Waals surface area contributed by atoms with Crippen LogP contribution in [0, 0.1) is 11.8 Å². The van der Waals surface area contributed by atoms with E-state index in [2.05, 4.69) is 11.8 Å². The molecular formula is C14H25NO2. The van der Waals surface area contributed by atoms with Crippen LogP contribution in [0.5, 0.6) is 0 Å². The lowest BCUT2D eigenvalue weighted by molar-refractivity contribution is -0.138. The van der Waals surface area contributed by atoms with Crippen molar-refractivity contribution < 1.29 is 9.90 Å². The third kappa shape index (κ3) is 3.70. The van der Waals surface area contributed by atoms with Crippen LogP contribution < -0.4 is 0 Å². The maximum absolute atomic E-state index is 10.8. The third-order valence-corrected chi connectivity index (χ3v) is 4.54. The zero-order chi connectivity index (χ0) is 12.3. The van der Waals surface area contributed by atoms with E-state index in [-0.39, 0.29) is 0 Å². The van der Waals surface area contributed by atoms with E-state index < -0.39 is 5.97 Å². The Morgan fingerprint density at radius 1 is 1.29 bits per heavy atom. The van der Waals surface area contributed by atoms with Gasteiger partial charge < -0.3 is 10.0 Å². The van der Waals surface area contributed by atoms with Gasteiger partial charge in [0.2, 0.25) is 0 Å². The van der Waals surface area contributed by atoms with Gasteiger partial charge in [-0.05, 0) is 44.6 Å². The van der Waals surface area contributed by atoms with Gasteiger partial charge in [-0.1, -0.05) is 19.3 Å². The van der Waals surface area contributed by atoms with E-state index in [9.17, 15) is 4.79 Å². The molecule has 1 saturated carbocycles. The lowest BCUT2D eigenvalue weighted by Crippen LogP contribution is -2.43. The molecule has 3 nitrogen and oxygen atoms in total. The molecule has 2 fully saturated rings. The van der Waals surface area contributed by atoms with Crippen LogP contribution in [0.4, 0.5) is 0 Å². The monoisotopic (exact) mass is 239 g/mol. The standard InChI is InChI=1S/C14H25NO2/c1-11(8-12-4-2-5-12)15-7-3-6-13(10-15)9-14(16)17/h11-13H,2-10H2,1H3,(H,16,17). The van der Waals surface area contributed by atoms with E-state index >= 15 is 0 Å². The van der Waals surface area contributed by atoms with Gasteiger partial charge in [-0.2, -0.15) is 0 Å². The van der Waals surface area contributed by atoms with Crippen LogP contribution in [0.15, 0.2) is 0 Å². The van der Waals surface area contributed by atoms with Crippen molar-refractivity contribution in [3.63, 3.8) is 0 Å². The molecule has 98 valence electrons. The van der Waals surface area contributed by atoms with Crippen molar-refractivity contribution in [1.29, 1.82) is 0 Å². The van der Waals surface area contributed by atoms with Gasteiger partial charge in [-0.3, -0.25) is 4.79 Å². The molecular weight excluding hydrogens is 214 g/mol. The summed E-state index contributed by atoms with van der Waals surface area (Å²) in [6.45, 7) is 4.49. The summed E-state index contributed by atoms with van der Waals surface area (Å²) >= 11 is 0. The summed E-state index contributed by atoms with van der Waals surface area (Å²) in [6.07, 6.45) is 8.19. The van der Waals surface area contributed by atoms with Crippen molar-refractivity contribution >= 4 is 5.97 Å². The fraction of sp³-hybridized carbons (Fsp3) is 0.929. The first-order valence-corrected chi connectivity index (χ1v) is 7.11. The van der Waals surface area contributed by atoms with Crippen molar-refractivity contribution in [2.45, 2.75) is 57.9 Å². The minimum Gasteiger partial charge on any atom is -0.481 e. The Hall–Kier alpha value is -0.570. The van der Waals surface area contributed by atoms with Gasteiger partial charge in [-0.15, -0.1) is 0 Å². The number of hydrogen-bond donors (Lipinski definition) is 1. The molecule has 2 aliphatic rings. The topological polar surface area (TPSA) is 40.5 Å². The fourth-order valence-electron chi connectivity index (χ4n) is 3.27. The maximum Gasteiger partial charge on any atom is 0.303 e. The molecule has 1 aliphatic carbocycles. The summed E-state index contributed by atoms with van der Waals surface area (Å²) in [5.41, 5.74) is 0. The number of rotatable bonds is 5. The third-order valence-electron chi connectivity index (χ3n) is 4.54. The van der Waals surface area contributed by atoms with Crippen molar-refractivity contribution in [3.8, 4) is 0 Å². The van der Waals surface area contributed by atoms with Gasteiger partial charge in [0.15, 0.2) is 0 Å². The number of hydrogen-bond acceptors (Lipinski definition) is 2. The highest BCUT2D eigenvalue weighted by Gasteiger charge is 2.27. The Morgan fingerprint density at radius 2 is 2.00 bits per heavy atom. The Bertz CT molecular complexity index is 263. The van der Waals surface area contributed by atoms with E-state index in [1.807, 2.05) is 0 Å². The molecule has 0 amide bonds. The van der Waals surface area contributed by atoms with Crippen LogP contribution in [0.3, 0.4) is 0 Å². The molecule has 1 N–H and O–H groups in total. The van der Waals surface area contributed by atoms with Crippen molar-refractivity contribution in [2.75, 3.05) is 13.1 Å². The molecule has 0 aromatic heterocycles. The number of nitrogens with zero attached hydrogens (tertiary/aromatic N) is 1. The number of carboxylic acid groups (broad SMARTS) is 1. The smallest absolute Gasteiger partial charge is 0.303 e. The van der Waals surface area contributed by atoms with Gasteiger partial charge in [0.25, 0.3) is 0 Å². The number of aliphatic carboxylic acids is 1. The molecule has 0 aromatic rings. The van der Waals surface area contributed by atoms with E-state index in [4.69, 9.17) is 5.11 Å². The summed E-state index contributed by atoms with van der Waals surface area (Å²) < 4.78 is 0. The van der Waals surface area contributed by atoms with Crippen molar-refractivity contribution in [1.82, 2.24) is 4.90 Å². The number of carbonyl (C=O) groups is 1. The molecule has 1 saturated heterocycles. The van der Waals surface area contributed by atoms with Crippen LogP contribution in [0.2, 0.25) is 0 Å². The fourth-order valence-corrected chi connectivity index (χ4v) is 3.27. The highest BCUT2D eigenvalue weighted by atomic mass is 16.4. The zero-order valence-corrected chi connectivity index (χ0v) is 10.9. The second kappa shape index (κ2) is 5.85. The van der Waals surface area contributed by atoms with E-state index in [0.717, 1.165) is 18.9 Å². The van der Waals surface area contributed by atoms with Crippen LogP contribution >= 0.6 is 0 Å². The average Bonchev–Trinajstić information content (AvgIpc) is 2.22. The minimum absolute atomic E-state index is 0.354. The van der Waals surface area contributed by atoms with Gasteiger partial charge in [0.05, 0.1) is 0 Å². The van der Waals surface area contributed by atoms with Crippen LogP contribution in [-0.2, 0) is 4.79 Å². The van der Waals surface area contributed by atoms with Crippen molar-refractivity contribution in [2.24, 2.45) is 11.8 Å². The first kappa shape index (κ1) is 12.9. The highest BCUT2D eigenvalue weighted by molar-refractivity contribution is 5.67. The first-order chi connectivity index (χ1) is 8.15. The molecule has 1 heterocycles. The summed E-state index contributed by atoms with van der Waals surface area (Å²) in [7, 11) is 0. The predicted octanol–water partition coefficient (Wildman–Crippen LogP) is 2.75. The molecule has 0 aromatic carbocycles. The van der Waals surface area contributed by atoms with E-state index in [1.54, 1.807) is 0 Å². The number of likely N-dealkylation sites (tertiary alicyclic amines) is 1. The molecule has 17 heavy (non-hydrogen) atoms. The zero-order valence-electron chi connectivity index (χ0n) is 10.9. The summed E-state index contributed by atoms with van der Waals surface area (Å²) in [6, 6.07) is 0.650. The summed E-state index contributed by atoms with van der Waals surface area (Å²) in [4.78, 5) is 13.3. The van der Waals surface area contributed by atoms with E-state index in [0.29, 0.717) is 18.4 Å². The van der Waals surface area contributed by atoms with Crippen LogP contribution in [-0.4, -0.2) is 35.1 Å². The largest absolute Gasteiger partial charge is 0.481 e. The van der Waals surface area contributed by atoms with Crippen LogP contribution in [0.25, 0.3) is 0 Å². The second-order valence-electron chi connectivity index (χ2n) is 5.98. The predicted molar refractivity (Wildman–Crippen MR) is 68.0 cm³/mol. The minimum atomic E-state index is -0.636. The Kier molecular flexibility index (Phi) is 4.43. The molecule has 0 radical (unpaired) electrons. The van der Waals surface area contributed by atoms with Gasteiger partial charge in [-0.25, -0.2) is 0 Å². The first-order valence-electron chi connectivity index (χ1n) is 7.11. The maximum atomic E-state index is 10.8. The lowest BCUT2D eigenvalue weighted by Gasteiger charge is -2.39. The van der Waals surface area contributed by atoms with Gasteiger partial charge in [0.1, 0.15) is 0 Å². The van der Waals surface area contributed by atoms with Crippen LogP contribution in [0.1, 0.15) is 51.9 Å². The molecule has 0 spiro atoms. The van der Waals surface area contributed by atoms with Gasteiger partial charge >= 0.3 is 5.97 Å². The number of piperidine rings is 1. The molecule has 2 rings (SSSR count). The molecule has 0 bridgehead atoms. The quantitative estimate of drug-likeness (QED) is 0.802. The Balaban J connectivity index is 1.76. The SMILES string of the molecule is CC(CC1CCC1)N1CCCC(CC(=O)O)C1. The average molecular weight is 239 g/mol. The molecule has 2 unspecified atom stereocenters. The van der Waals surface area contributed by atoms with Gasteiger partial charge in [0, 0.05) is 19.0 Å². The molecule has 1 aliphatic heterocycles. The lowest BCUT2D eigenvalue weighted by atomic mass is 9.80.